The molecule has 0 amide bonds. The Labute approximate surface area is 91.4 Å². The lowest BCUT2D eigenvalue weighted by molar-refractivity contribution is 0.863. The van der Waals surface area contributed by atoms with E-state index in [2.05, 4.69) is 34.1 Å². The lowest BCUT2D eigenvalue weighted by Crippen LogP contribution is -2.23. The van der Waals surface area contributed by atoms with Gasteiger partial charge in [-0.25, -0.2) is 0 Å². The number of hydrogen-bond donors (Lipinski definition) is 0. The van der Waals surface area contributed by atoms with Gasteiger partial charge in [0, 0.05) is 11.7 Å². The molecule has 0 saturated carbocycles. The fraction of sp³-hybridized carbons (Fsp3) is 0.182. The number of hydrogen-bond acceptors (Lipinski definition) is 3. The van der Waals surface area contributed by atoms with Crippen LogP contribution in [-0.4, -0.2) is 24.9 Å². The van der Waals surface area contributed by atoms with Crippen LogP contribution in [0, 0.1) is 0 Å². The second-order valence-corrected chi connectivity index (χ2v) is 4.19. The van der Waals surface area contributed by atoms with Gasteiger partial charge in [0.15, 0.2) is 0 Å². The fourth-order valence-corrected chi connectivity index (χ4v) is 2.07. The molecule has 4 heteroatoms. The zero-order valence-electron chi connectivity index (χ0n) is 8.51. The van der Waals surface area contributed by atoms with Gasteiger partial charge in [-0.05, 0) is 16.3 Å². The van der Waals surface area contributed by atoms with Crippen molar-refractivity contribution >= 4 is 14.8 Å². The van der Waals surface area contributed by atoms with Crippen molar-refractivity contribution in [3.63, 3.8) is 0 Å². The molecule has 1 heterocycles. The summed E-state index contributed by atoms with van der Waals surface area (Å²) in [5, 5.41) is 12.6. The van der Waals surface area contributed by atoms with Gasteiger partial charge >= 0.3 is 0 Å². The Morgan fingerprint density at radius 3 is 2.73 bits per heavy atom. The molecule has 2 aromatic rings. The molecule has 0 saturated heterocycles. The summed E-state index contributed by atoms with van der Waals surface area (Å²) in [5.74, 6) is 0. The van der Waals surface area contributed by atoms with Gasteiger partial charge in [-0.3, -0.25) is 0 Å². The van der Waals surface area contributed by atoms with Crippen LogP contribution in [0.15, 0.2) is 36.5 Å². The fourth-order valence-electron chi connectivity index (χ4n) is 1.45. The van der Waals surface area contributed by atoms with Crippen molar-refractivity contribution in [3.05, 3.63) is 47.7 Å². The average molecular weight is 213 g/mol. The molecule has 0 spiro atoms. The van der Waals surface area contributed by atoms with Crippen molar-refractivity contribution in [2.45, 2.75) is 13.0 Å². The van der Waals surface area contributed by atoms with Crippen LogP contribution in [0.5, 0.6) is 0 Å². The van der Waals surface area contributed by atoms with Gasteiger partial charge in [0.25, 0.3) is 0 Å². The summed E-state index contributed by atoms with van der Waals surface area (Å²) in [6.45, 7) is 2.11. The van der Waals surface area contributed by atoms with Gasteiger partial charge in [-0.15, -0.1) is 10.2 Å². The summed E-state index contributed by atoms with van der Waals surface area (Å²) in [6.07, 6.45) is 2.70. The van der Waals surface area contributed by atoms with Crippen molar-refractivity contribution in [2.24, 2.45) is 0 Å². The lowest BCUT2D eigenvalue weighted by atomic mass is 10.1. The Balaban J connectivity index is 2.24. The van der Waals surface area contributed by atoms with Gasteiger partial charge in [0.1, 0.15) is 9.52 Å². The number of rotatable bonds is 3. The monoisotopic (exact) mass is 213 g/mol. The third kappa shape index (κ3) is 2.47. The lowest BCUT2D eigenvalue weighted by Gasteiger charge is -2.04. The van der Waals surface area contributed by atoms with E-state index in [9.17, 15) is 0 Å². The SMILES string of the molecule is C[Si]c1nnncc1Cc1ccccc1. The van der Waals surface area contributed by atoms with Crippen LogP contribution in [0.25, 0.3) is 0 Å². The molecule has 0 aliphatic carbocycles. The van der Waals surface area contributed by atoms with Crippen LogP contribution < -0.4 is 5.32 Å². The van der Waals surface area contributed by atoms with E-state index in [0.29, 0.717) is 9.52 Å². The van der Waals surface area contributed by atoms with Gasteiger partial charge in [0.2, 0.25) is 0 Å². The minimum absolute atomic E-state index is 0.667. The average Bonchev–Trinajstić information content (AvgIpc) is 2.31. The van der Waals surface area contributed by atoms with Crippen LogP contribution in [0.3, 0.4) is 0 Å². The summed E-state index contributed by atoms with van der Waals surface area (Å²) in [7, 11) is 0.667. The van der Waals surface area contributed by atoms with E-state index in [1.54, 1.807) is 0 Å². The molecular weight excluding hydrogens is 202 g/mol. The summed E-state index contributed by atoms with van der Waals surface area (Å²) in [5.41, 5.74) is 2.46. The molecule has 1 aromatic carbocycles. The van der Waals surface area contributed by atoms with Gasteiger partial charge < -0.3 is 0 Å². The predicted octanol–water partition coefficient (Wildman–Crippen LogP) is 0.840. The first-order valence-corrected chi connectivity index (χ1v) is 6.29. The maximum atomic E-state index is 4.04. The second-order valence-electron chi connectivity index (χ2n) is 3.22. The van der Waals surface area contributed by atoms with E-state index in [4.69, 9.17) is 0 Å². The molecule has 3 nitrogen and oxygen atoms in total. The molecule has 74 valence electrons. The third-order valence-electron chi connectivity index (χ3n) is 2.19. The summed E-state index contributed by atoms with van der Waals surface area (Å²) < 4.78 is 0. The van der Waals surface area contributed by atoms with Crippen LogP contribution >= 0.6 is 0 Å². The first kappa shape index (κ1) is 9.98. The smallest absolute Gasteiger partial charge is 0.107 e. The van der Waals surface area contributed by atoms with E-state index >= 15 is 0 Å². The molecule has 0 N–H and O–H groups in total. The maximum absolute atomic E-state index is 4.04. The Kier molecular flexibility index (Phi) is 3.19. The summed E-state index contributed by atoms with van der Waals surface area (Å²) >= 11 is 0. The Bertz CT molecular complexity index is 431. The minimum Gasteiger partial charge on any atom is -0.140 e. The van der Waals surface area contributed by atoms with Crippen molar-refractivity contribution in [3.8, 4) is 0 Å². The predicted molar refractivity (Wildman–Crippen MR) is 60.3 cm³/mol. The normalized spacial score (nSPS) is 10.2. The second kappa shape index (κ2) is 4.79. The van der Waals surface area contributed by atoms with Gasteiger partial charge in [-0.1, -0.05) is 36.9 Å². The Morgan fingerprint density at radius 2 is 2.00 bits per heavy atom. The molecular formula is C11H11N3Si. The van der Waals surface area contributed by atoms with E-state index in [0.717, 1.165) is 11.7 Å². The quantitative estimate of drug-likeness (QED) is 0.709. The highest BCUT2D eigenvalue weighted by Gasteiger charge is 2.03. The van der Waals surface area contributed by atoms with Crippen LogP contribution in [0.1, 0.15) is 11.1 Å². The van der Waals surface area contributed by atoms with Crippen molar-refractivity contribution < 1.29 is 0 Å². The highest BCUT2D eigenvalue weighted by molar-refractivity contribution is 6.51. The van der Waals surface area contributed by atoms with Crippen LogP contribution in [0.2, 0.25) is 6.55 Å². The summed E-state index contributed by atoms with van der Waals surface area (Å²) in [4.78, 5) is 0. The zero-order valence-corrected chi connectivity index (χ0v) is 9.51. The van der Waals surface area contributed by atoms with Crippen LogP contribution in [0.4, 0.5) is 0 Å². The standard InChI is InChI=1S/C11H11N3Si/c1-15-11-10(8-12-14-13-11)7-9-5-3-2-4-6-9/h2-6,8H,7H2,1H3. The third-order valence-corrected chi connectivity index (χ3v) is 3.08. The molecule has 1 aromatic heterocycles. The van der Waals surface area contributed by atoms with Gasteiger partial charge in [0.05, 0.1) is 6.20 Å². The van der Waals surface area contributed by atoms with E-state index in [1.165, 1.54) is 11.1 Å². The minimum atomic E-state index is 0.667. The Hall–Kier alpha value is -1.55. The molecule has 2 rings (SSSR count). The zero-order chi connectivity index (χ0) is 10.5. The van der Waals surface area contributed by atoms with Crippen molar-refractivity contribution in [2.75, 3.05) is 0 Å². The van der Waals surface area contributed by atoms with Crippen molar-refractivity contribution in [1.29, 1.82) is 0 Å². The summed E-state index contributed by atoms with van der Waals surface area (Å²) in [6, 6.07) is 10.3. The molecule has 0 unspecified atom stereocenters. The Morgan fingerprint density at radius 1 is 1.20 bits per heavy atom. The highest BCUT2D eigenvalue weighted by Crippen LogP contribution is 2.04. The van der Waals surface area contributed by atoms with E-state index < -0.39 is 0 Å². The maximum Gasteiger partial charge on any atom is 0.107 e. The first-order valence-electron chi connectivity index (χ1n) is 4.79. The molecule has 0 fully saturated rings. The molecule has 0 bridgehead atoms. The molecule has 0 aliphatic heterocycles. The number of aromatic nitrogens is 3. The molecule has 0 atom stereocenters. The number of benzene rings is 1. The molecule has 0 aliphatic rings. The van der Waals surface area contributed by atoms with E-state index in [-0.39, 0.29) is 0 Å². The van der Waals surface area contributed by atoms with Crippen molar-refractivity contribution in [1.82, 2.24) is 15.4 Å². The van der Waals surface area contributed by atoms with E-state index in [1.807, 2.05) is 24.4 Å². The first-order chi connectivity index (χ1) is 7.40. The van der Waals surface area contributed by atoms with Gasteiger partial charge in [-0.2, -0.15) is 0 Å². The number of nitrogens with zero attached hydrogens (tertiary/aromatic N) is 3. The highest BCUT2D eigenvalue weighted by atomic mass is 28.2. The topological polar surface area (TPSA) is 38.7 Å². The molecule has 15 heavy (non-hydrogen) atoms. The van der Waals surface area contributed by atoms with Crippen LogP contribution in [-0.2, 0) is 6.42 Å². The molecule has 2 radical (unpaired) electrons. The largest absolute Gasteiger partial charge is 0.140 e.